The monoisotopic (exact) mass is 270 g/mol. The zero-order valence-corrected chi connectivity index (χ0v) is 11.0. The van der Waals surface area contributed by atoms with Gasteiger partial charge in [0.1, 0.15) is 18.5 Å². The summed E-state index contributed by atoms with van der Waals surface area (Å²) in [4.78, 5) is 11.5. The Bertz CT molecular complexity index is 663. The molecule has 0 amide bonds. The van der Waals surface area contributed by atoms with E-state index in [1.807, 2.05) is 24.3 Å². The van der Waals surface area contributed by atoms with Crippen LogP contribution in [0, 0.1) is 0 Å². The SMILES string of the molecule is COC(=O)c1ccc2c(c1)OCc1ccccc1[C@H]2O. The molecule has 3 rings (SSSR count). The zero-order valence-electron chi connectivity index (χ0n) is 11.0. The smallest absolute Gasteiger partial charge is 0.337 e. The number of esters is 1. The molecule has 1 heterocycles. The first kappa shape index (κ1) is 12.7. The Balaban J connectivity index is 2.07. The topological polar surface area (TPSA) is 55.8 Å². The lowest BCUT2D eigenvalue weighted by molar-refractivity contribution is 0.0600. The van der Waals surface area contributed by atoms with Crippen molar-refractivity contribution in [3.05, 3.63) is 64.7 Å². The first-order valence-electron chi connectivity index (χ1n) is 6.31. The number of hydrogen-bond acceptors (Lipinski definition) is 4. The summed E-state index contributed by atoms with van der Waals surface area (Å²) in [6, 6.07) is 12.5. The summed E-state index contributed by atoms with van der Waals surface area (Å²) in [7, 11) is 1.33. The lowest BCUT2D eigenvalue weighted by atomic mass is 9.97. The van der Waals surface area contributed by atoms with Crippen molar-refractivity contribution in [1.82, 2.24) is 0 Å². The first-order chi connectivity index (χ1) is 9.70. The predicted octanol–water partition coefficient (Wildman–Crippen LogP) is 2.45. The molecule has 1 aliphatic rings. The molecule has 0 saturated heterocycles. The van der Waals surface area contributed by atoms with Gasteiger partial charge in [0, 0.05) is 5.56 Å². The molecule has 102 valence electrons. The van der Waals surface area contributed by atoms with Gasteiger partial charge in [-0.3, -0.25) is 0 Å². The number of methoxy groups -OCH3 is 1. The van der Waals surface area contributed by atoms with Crippen LogP contribution in [0.25, 0.3) is 0 Å². The number of fused-ring (bicyclic) bond motifs is 2. The van der Waals surface area contributed by atoms with E-state index < -0.39 is 12.1 Å². The second-order valence-corrected chi connectivity index (χ2v) is 4.63. The van der Waals surface area contributed by atoms with Crippen LogP contribution in [0.3, 0.4) is 0 Å². The number of rotatable bonds is 1. The van der Waals surface area contributed by atoms with Crippen LogP contribution in [-0.4, -0.2) is 18.2 Å². The maximum atomic E-state index is 11.5. The van der Waals surface area contributed by atoms with E-state index >= 15 is 0 Å². The van der Waals surface area contributed by atoms with Crippen molar-refractivity contribution in [3.8, 4) is 5.75 Å². The van der Waals surface area contributed by atoms with Gasteiger partial charge in [0.25, 0.3) is 0 Å². The van der Waals surface area contributed by atoms with Crippen molar-refractivity contribution in [2.75, 3.05) is 7.11 Å². The first-order valence-corrected chi connectivity index (χ1v) is 6.31. The molecule has 0 spiro atoms. The van der Waals surface area contributed by atoms with E-state index in [9.17, 15) is 9.90 Å². The minimum atomic E-state index is -0.754. The Morgan fingerprint density at radius 1 is 1.25 bits per heavy atom. The van der Waals surface area contributed by atoms with Crippen LogP contribution in [0.5, 0.6) is 5.75 Å². The number of ether oxygens (including phenoxy) is 2. The molecule has 1 N–H and O–H groups in total. The van der Waals surface area contributed by atoms with Crippen LogP contribution in [0.2, 0.25) is 0 Å². The van der Waals surface area contributed by atoms with Gasteiger partial charge in [-0.2, -0.15) is 0 Å². The van der Waals surface area contributed by atoms with Gasteiger partial charge in [-0.25, -0.2) is 4.79 Å². The van der Waals surface area contributed by atoms with Crippen molar-refractivity contribution < 1.29 is 19.4 Å². The number of aliphatic hydroxyl groups is 1. The molecule has 0 bridgehead atoms. The molecule has 20 heavy (non-hydrogen) atoms. The Morgan fingerprint density at radius 3 is 2.85 bits per heavy atom. The fourth-order valence-electron chi connectivity index (χ4n) is 2.39. The molecule has 1 aliphatic heterocycles. The van der Waals surface area contributed by atoms with E-state index in [-0.39, 0.29) is 0 Å². The van der Waals surface area contributed by atoms with Crippen LogP contribution in [0.4, 0.5) is 0 Å². The lowest BCUT2D eigenvalue weighted by Crippen LogP contribution is -2.04. The van der Waals surface area contributed by atoms with Crippen LogP contribution in [0.15, 0.2) is 42.5 Å². The third kappa shape index (κ3) is 2.04. The Morgan fingerprint density at radius 2 is 2.05 bits per heavy atom. The third-order valence-corrected chi connectivity index (χ3v) is 3.46. The van der Waals surface area contributed by atoms with Gasteiger partial charge in [-0.15, -0.1) is 0 Å². The molecule has 0 aromatic heterocycles. The summed E-state index contributed by atoms with van der Waals surface area (Å²) in [5.74, 6) is 0.0873. The fourth-order valence-corrected chi connectivity index (χ4v) is 2.39. The van der Waals surface area contributed by atoms with E-state index in [0.29, 0.717) is 23.5 Å². The van der Waals surface area contributed by atoms with Crippen molar-refractivity contribution in [2.45, 2.75) is 12.7 Å². The minimum Gasteiger partial charge on any atom is -0.488 e. The molecule has 0 aliphatic carbocycles. The summed E-state index contributed by atoms with van der Waals surface area (Å²) in [6.07, 6.45) is -0.754. The summed E-state index contributed by atoms with van der Waals surface area (Å²) >= 11 is 0. The molecule has 0 unspecified atom stereocenters. The van der Waals surface area contributed by atoms with Crippen LogP contribution in [0.1, 0.15) is 33.2 Å². The minimum absolute atomic E-state index is 0.366. The fraction of sp³-hybridized carbons (Fsp3) is 0.188. The van der Waals surface area contributed by atoms with Crippen molar-refractivity contribution in [1.29, 1.82) is 0 Å². The lowest BCUT2D eigenvalue weighted by Gasteiger charge is -2.13. The molecule has 2 aromatic rings. The molecular weight excluding hydrogens is 256 g/mol. The molecular formula is C16H14O4. The normalized spacial score (nSPS) is 16.4. The molecule has 0 saturated carbocycles. The second-order valence-electron chi connectivity index (χ2n) is 4.63. The Kier molecular flexibility index (Phi) is 3.16. The van der Waals surface area contributed by atoms with Gasteiger partial charge in [-0.05, 0) is 23.3 Å². The van der Waals surface area contributed by atoms with E-state index in [2.05, 4.69) is 0 Å². The molecule has 1 atom stereocenters. The molecule has 4 nitrogen and oxygen atoms in total. The van der Waals surface area contributed by atoms with Crippen molar-refractivity contribution >= 4 is 5.97 Å². The predicted molar refractivity (Wildman–Crippen MR) is 72.6 cm³/mol. The Labute approximate surface area is 116 Å². The summed E-state index contributed by atoms with van der Waals surface area (Å²) in [6.45, 7) is 0.366. The van der Waals surface area contributed by atoms with Crippen LogP contribution >= 0.6 is 0 Å². The third-order valence-electron chi connectivity index (χ3n) is 3.46. The highest BCUT2D eigenvalue weighted by atomic mass is 16.5. The van der Waals surface area contributed by atoms with Gasteiger partial charge in [-0.1, -0.05) is 30.3 Å². The molecule has 4 heteroatoms. The van der Waals surface area contributed by atoms with Gasteiger partial charge in [0.15, 0.2) is 0 Å². The second kappa shape index (κ2) is 4.98. The van der Waals surface area contributed by atoms with E-state index in [0.717, 1.165) is 11.1 Å². The Hall–Kier alpha value is -2.33. The van der Waals surface area contributed by atoms with Crippen molar-refractivity contribution in [2.24, 2.45) is 0 Å². The number of carbonyl (C=O) groups is 1. The van der Waals surface area contributed by atoms with Crippen LogP contribution in [-0.2, 0) is 11.3 Å². The number of aliphatic hydroxyl groups excluding tert-OH is 1. The quantitative estimate of drug-likeness (QED) is 0.809. The summed E-state index contributed by atoms with van der Waals surface area (Å²) < 4.78 is 10.4. The van der Waals surface area contributed by atoms with E-state index in [1.165, 1.54) is 7.11 Å². The van der Waals surface area contributed by atoms with Gasteiger partial charge >= 0.3 is 5.97 Å². The largest absolute Gasteiger partial charge is 0.488 e. The van der Waals surface area contributed by atoms with E-state index in [4.69, 9.17) is 9.47 Å². The van der Waals surface area contributed by atoms with Crippen molar-refractivity contribution in [3.63, 3.8) is 0 Å². The highest BCUT2D eigenvalue weighted by Crippen LogP contribution is 2.36. The maximum Gasteiger partial charge on any atom is 0.337 e. The number of hydrogen-bond donors (Lipinski definition) is 1. The zero-order chi connectivity index (χ0) is 14.1. The van der Waals surface area contributed by atoms with Gasteiger partial charge in [0.2, 0.25) is 0 Å². The number of carbonyl (C=O) groups excluding carboxylic acids is 1. The molecule has 0 radical (unpaired) electrons. The van der Waals surface area contributed by atoms with Crippen LogP contribution < -0.4 is 4.74 Å². The van der Waals surface area contributed by atoms with Gasteiger partial charge in [0.05, 0.1) is 12.7 Å². The standard InChI is InChI=1S/C16H14O4/c1-19-16(18)10-6-7-13-14(8-10)20-9-11-4-2-3-5-12(11)15(13)17/h2-8,15,17H,9H2,1H3/t15-/m1/s1. The number of benzene rings is 2. The summed E-state index contributed by atoms with van der Waals surface area (Å²) in [5, 5.41) is 10.5. The highest BCUT2D eigenvalue weighted by molar-refractivity contribution is 5.90. The van der Waals surface area contributed by atoms with E-state index in [1.54, 1.807) is 18.2 Å². The summed E-state index contributed by atoms with van der Waals surface area (Å²) in [5.41, 5.74) is 2.83. The maximum absolute atomic E-state index is 11.5. The van der Waals surface area contributed by atoms with Gasteiger partial charge < -0.3 is 14.6 Å². The highest BCUT2D eigenvalue weighted by Gasteiger charge is 2.23. The average molecular weight is 270 g/mol. The molecule has 2 aromatic carbocycles. The average Bonchev–Trinajstić information content (AvgIpc) is 2.64. The molecule has 0 fully saturated rings.